The SMILES string of the molecule is CC(=O)Nc1ccc(CC(=O)NNc2ccc(S(=O)(=O)NC3CC3)cc2)cc1. The maximum absolute atomic E-state index is 12.1. The Morgan fingerprint density at radius 1 is 0.964 bits per heavy atom. The summed E-state index contributed by atoms with van der Waals surface area (Å²) in [4.78, 5) is 23.2. The smallest absolute Gasteiger partial charge is 0.242 e. The van der Waals surface area contributed by atoms with Gasteiger partial charge < -0.3 is 5.32 Å². The molecule has 0 spiro atoms. The third kappa shape index (κ3) is 5.80. The first-order chi connectivity index (χ1) is 13.3. The Bertz CT molecular complexity index is 952. The number of carbonyl (C=O) groups excluding carboxylic acids is 2. The summed E-state index contributed by atoms with van der Waals surface area (Å²) in [6.45, 7) is 1.43. The highest BCUT2D eigenvalue weighted by Gasteiger charge is 2.27. The van der Waals surface area contributed by atoms with Crippen LogP contribution >= 0.6 is 0 Å². The van der Waals surface area contributed by atoms with Crippen LogP contribution in [0.15, 0.2) is 53.4 Å². The van der Waals surface area contributed by atoms with Crippen LogP contribution in [0.3, 0.4) is 0 Å². The Hall–Kier alpha value is -2.91. The molecule has 1 saturated carbocycles. The average molecular weight is 402 g/mol. The molecular formula is C19H22N4O4S. The lowest BCUT2D eigenvalue weighted by Gasteiger charge is -2.10. The van der Waals surface area contributed by atoms with E-state index in [1.165, 1.54) is 19.1 Å². The molecule has 0 radical (unpaired) electrons. The van der Waals surface area contributed by atoms with E-state index in [9.17, 15) is 18.0 Å². The Kier molecular flexibility index (Phi) is 5.96. The van der Waals surface area contributed by atoms with Crippen molar-refractivity contribution in [2.75, 3.05) is 10.7 Å². The average Bonchev–Trinajstić information content (AvgIpc) is 3.45. The van der Waals surface area contributed by atoms with Gasteiger partial charge in [-0.2, -0.15) is 0 Å². The molecule has 2 aromatic carbocycles. The summed E-state index contributed by atoms with van der Waals surface area (Å²) < 4.78 is 26.9. The summed E-state index contributed by atoms with van der Waals surface area (Å²) in [5.74, 6) is -0.406. The maximum Gasteiger partial charge on any atom is 0.242 e. The summed E-state index contributed by atoms with van der Waals surface area (Å²) in [5, 5.41) is 2.66. The zero-order valence-corrected chi connectivity index (χ0v) is 16.2. The zero-order chi connectivity index (χ0) is 20.1. The highest BCUT2D eigenvalue weighted by Crippen LogP contribution is 2.22. The van der Waals surface area contributed by atoms with Crippen LogP contribution in [0.1, 0.15) is 25.3 Å². The van der Waals surface area contributed by atoms with Crippen molar-refractivity contribution in [1.82, 2.24) is 10.1 Å². The molecule has 0 aromatic heterocycles. The lowest BCUT2D eigenvalue weighted by molar-refractivity contribution is -0.120. The zero-order valence-electron chi connectivity index (χ0n) is 15.4. The number of nitrogens with one attached hydrogen (secondary N) is 4. The summed E-state index contributed by atoms with van der Waals surface area (Å²) >= 11 is 0. The van der Waals surface area contributed by atoms with Crippen molar-refractivity contribution < 1.29 is 18.0 Å². The highest BCUT2D eigenvalue weighted by molar-refractivity contribution is 7.89. The van der Waals surface area contributed by atoms with E-state index in [1.54, 1.807) is 36.4 Å². The van der Waals surface area contributed by atoms with Gasteiger partial charge in [0.05, 0.1) is 17.0 Å². The molecule has 8 nitrogen and oxygen atoms in total. The van der Waals surface area contributed by atoms with E-state index in [0.717, 1.165) is 18.4 Å². The lowest BCUT2D eigenvalue weighted by atomic mass is 10.1. The van der Waals surface area contributed by atoms with Crippen LogP contribution in [-0.2, 0) is 26.0 Å². The molecule has 1 aliphatic rings. The maximum atomic E-state index is 12.1. The number of hydrogen-bond donors (Lipinski definition) is 4. The van der Waals surface area contributed by atoms with E-state index in [2.05, 4.69) is 20.9 Å². The van der Waals surface area contributed by atoms with E-state index < -0.39 is 10.0 Å². The second-order valence-corrected chi connectivity index (χ2v) is 8.36. The number of benzene rings is 2. The van der Waals surface area contributed by atoms with Crippen molar-refractivity contribution in [3.8, 4) is 0 Å². The number of rotatable bonds is 8. The van der Waals surface area contributed by atoms with Gasteiger partial charge in [-0.05, 0) is 54.8 Å². The van der Waals surface area contributed by atoms with Crippen LogP contribution in [0.2, 0.25) is 0 Å². The third-order valence-corrected chi connectivity index (χ3v) is 5.59. The Morgan fingerprint density at radius 3 is 2.14 bits per heavy atom. The summed E-state index contributed by atoms with van der Waals surface area (Å²) in [7, 11) is -3.49. The molecule has 9 heteroatoms. The molecule has 0 bridgehead atoms. The number of sulfonamides is 1. The van der Waals surface area contributed by atoms with Crippen molar-refractivity contribution in [2.24, 2.45) is 0 Å². The van der Waals surface area contributed by atoms with Gasteiger partial charge in [0.15, 0.2) is 0 Å². The summed E-state index contributed by atoms with van der Waals surface area (Å²) in [6.07, 6.45) is 1.91. The fourth-order valence-electron chi connectivity index (χ4n) is 2.49. The van der Waals surface area contributed by atoms with Gasteiger partial charge in [-0.15, -0.1) is 0 Å². The molecule has 28 heavy (non-hydrogen) atoms. The second-order valence-electron chi connectivity index (χ2n) is 6.65. The van der Waals surface area contributed by atoms with Crippen molar-refractivity contribution >= 4 is 33.2 Å². The Morgan fingerprint density at radius 2 is 1.57 bits per heavy atom. The van der Waals surface area contributed by atoms with Crippen molar-refractivity contribution in [1.29, 1.82) is 0 Å². The van der Waals surface area contributed by atoms with Crippen LogP contribution in [-0.4, -0.2) is 26.3 Å². The minimum atomic E-state index is -3.49. The largest absolute Gasteiger partial charge is 0.326 e. The fourth-order valence-corrected chi connectivity index (χ4v) is 3.79. The van der Waals surface area contributed by atoms with Crippen molar-refractivity contribution in [3.63, 3.8) is 0 Å². The number of hydrogen-bond acceptors (Lipinski definition) is 5. The topological polar surface area (TPSA) is 116 Å². The Labute approximate surface area is 163 Å². The normalized spacial score (nSPS) is 13.6. The van der Waals surface area contributed by atoms with Gasteiger partial charge in [0.25, 0.3) is 0 Å². The molecule has 4 N–H and O–H groups in total. The molecule has 148 valence electrons. The number of anilines is 2. The van der Waals surface area contributed by atoms with Crippen LogP contribution in [0, 0.1) is 0 Å². The number of hydrazine groups is 1. The van der Waals surface area contributed by atoms with E-state index in [-0.39, 0.29) is 29.2 Å². The standard InChI is InChI=1S/C19H22N4O4S/c1-13(24)20-15-4-2-14(3-5-15)12-19(25)22-21-16-8-10-18(11-9-16)28(26,27)23-17-6-7-17/h2-5,8-11,17,21,23H,6-7,12H2,1H3,(H,20,24)(H,22,25). The molecule has 0 heterocycles. The fraction of sp³-hybridized carbons (Fsp3) is 0.263. The van der Waals surface area contributed by atoms with E-state index >= 15 is 0 Å². The van der Waals surface area contributed by atoms with Crippen LogP contribution in [0.25, 0.3) is 0 Å². The molecule has 1 fully saturated rings. The first-order valence-corrected chi connectivity index (χ1v) is 10.3. The number of carbonyl (C=O) groups is 2. The van der Waals surface area contributed by atoms with Gasteiger partial charge in [-0.25, -0.2) is 13.1 Å². The van der Waals surface area contributed by atoms with Gasteiger partial charge in [0.2, 0.25) is 21.8 Å². The molecule has 0 aliphatic heterocycles. The van der Waals surface area contributed by atoms with Crippen LogP contribution in [0.5, 0.6) is 0 Å². The molecule has 2 aromatic rings. The van der Waals surface area contributed by atoms with Gasteiger partial charge >= 0.3 is 0 Å². The van der Waals surface area contributed by atoms with Gasteiger partial charge in [0, 0.05) is 18.7 Å². The minimum absolute atomic E-state index is 0.0504. The van der Waals surface area contributed by atoms with Gasteiger partial charge in [-0.3, -0.25) is 20.4 Å². The first kappa shape index (κ1) is 19.8. The molecular weight excluding hydrogens is 380 g/mol. The monoisotopic (exact) mass is 402 g/mol. The summed E-state index contributed by atoms with van der Waals surface area (Å²) in [5.41, 5.74) is 7.36. The number of amides is 2. The summed E-state index contributed by atoms with van der Waals surface area (Å²) in [6, 6.07) is 13.2. The van der Waals surface area contributed by atoms with Gasteiger partial charge in [-0.1, -0.05) is 12.1 Å². The molecule has 0 atom stereocenters. The van der Waals surface area contributed by atoms with E-state index in [4.69, 9.17) is 0 Å². The molecule has 0 unspecified atom stereocenters. The third-order valence-electron chi connectivity index (χ3n) is 4.05. The van der Waals surface area contributed by atoms with Gasteiger partial charge in [0.1, 0.15) is 0 Å². The van der Waals surface area contributed by atoms with Crippen LogP contribution in [0.4, 0.5) is 11.4 Å². The second kappa shape index (κ2) is 8.41. The predicted molar refractivity (Wildman–Crippen MR) is 106 cm³/mol. The van der Waals surface area contributed by atoms with E-state index in [0.29, 0.717) is 11.4 Å². The highest BCUT2D eigenvalue weighted by atomic mass is 32.2. The minimum Gasteiger partial charge on any atom is -0.326 e. The first-order valence-electron chi connectivity index (χ1n) is 8.85. The van der Waals surface area contributed by atoms with E-state index in [1.807, 2.05) is 0 Å². The van der Waals surface area contributed by atoms with Crippen molar-refractivity contribution in [2.45, 2.75) is 37.1 Å². The van der Waals surface area contributed by atoms with Crippen molar-refractivity contribution in [3.05, 3.63) is 54.1 Å². The Balaban J connectivity index is 1.49. The quantitative estimate of drug-likeness (QED) is 0.502. The lowest BCUT2D eigenvalue weighted by Crippen LogP contribution is -2.30. The van der Waals surface area contributed by atoms with Crippen LogP contribution < -0.4 is 20.9 Å². The predicted octanol–water partition coefficient (Wildman–Crippen LogP) is 1.77. The molecule has 3 rings (SSSR count). The molecule has 0 saturated heterocycles. The molecule has 2 amide bonds. The molecule has 1 aliphatic carbocycles.